The van der Waals surface area contributed by atoms with E-state index in [9.17, 15) is 0 Å². The highest BCUT2D eigenvalue weighted by molar-refractivity contribution is 5.65. The van der Waals surface area contributed by atoms with Crippen LogP contribution in [0.2, 0.25) is 0 Å². The molecule has 23 heteroatoms. The lowest BCUT2D eigenvalue weighted by molar-refractivity contribution is 0.772. The minimum absolute atomic E-state index is 0.231. The molecule has 0 atom stereocenters. The van der Waals surface area contributed by atoms with Crippen LogP contribution in [0, 0.1) is 22.7 Å². The number of pyridine rings is 7. The first-order valence-electron chi connectivity index (χ1n) is 49.1. The van der Waals surface area contributed by atoms with Crippen LogP contribution in [-0.4, -0.2) is 105 Å². The van der Waals surface area contributed by atoms with Gasteiger partial charge in [-0.25, -0.2) is 69.8 Å². The van der Waals surface area contributed by atoms with Crippen molar-refractivity contribution in [3.05, 3.63) is 441 Å². The molecule has 740 valence electrons. The van der Waals surface area contributed by atoms with Crippen molar-refractivity contribution in [2.24, 2.45) is 0 Å². The molecule has 23 nitrogen and oxygen atoms in total. The van der Waals surface area contributed by atoms with Crippen molar-refractivity contribution >= 4 is 0 Å². The van der Waals surface area contributed by atoms with Gasteiger partial charge in [-0.15, -0.1) is 0 Å². The van der Waals surface area contributed by atoms with E-state index < -0.39 is 0 Å². The third-order valence-corrected chi connectivity index (χ3v) is 22.1. The monoisotopic (exact) mass is 1920 g/mol. The minimum atomic E-state index is 0.231. The first-order valence-corrected chi connectivity index (χ1v) is 49.1. The summed E-state index contributed by atoms with van der Waals surface area (Å²) in [7, 11) is 0. The average Bonchev–Trinajstić information content (AvgIpc) is 0.875. The summed E-state index contributed by atoms with van der Waals surface area (Å²) in [5, 5.41) is 16.8. The average molecular weight is 1930 g/mol. The Labute approximate surface area is 859 Å². The molecule has 14 heterocycles. The molecule has 0 amide bonds. The zero-order chi connectivity index (χ0) is 105. The fourth-order valence-electron chi connectivity index (χ4n) is 12.8. The number of hydrogen-bond donors (Lipinski definition) is 0. The highest BCUT2D eigenvalue weighted by atomic mass is 14.9. The summed E-state index contributed by atoms with van der Waals surface area (Å²) < 4.78 is 0. The smallest absolute Gasteiger partial charge is 0.232 e. The molecule has 0 radical (unpaired) electrons. The summed E-state index contributed by atoms with van der Waals surface area (Å²) in [5.41, 5.74) is 23.9. The summed E-state index contributed by atoms with van der Waals surface area (Å²) in [5.74, 6) is 9.64. The number of benzene rings is 4. The SMILES string of the molecule is CC(C)c1ccc(-c2ccccn2)cc1.CC(C)c1ccc(-c2cccnc2)cc1.CC(C)c1ccc(-c2ccncc2)cc1.CC(C)c1ccc(-c2ccncc2)nc1.CC(C)c1cnc(-c2cccnc2)nc1.CC(C)c1cnc(-c2ccncc2)nc1.CC(C)c1cnc(C#N)nc1.CC(C)c1cncnc1.CC(C)c1ncc(-c2ccccc2)cn1.CC(C)c1ncc(C#N)cn1.CC(C)c1ncccn1. The molecular formula is C122H137N23. The number of rotatable bonds is 18. The Morgan fingerprint density at radius 2 is 0.497 bits per heavy atom. The van der Waals surface area contributed by atoms with Crippen molar-refractivity contribution < 1.29 is 0 Å². The molecule has 14 aromatic heterocycles. The van der Waals surface area contributed by atoms with Gasteiger partial charge >= 0.3 is 0 Å². The molecule has 0 saturated carbocycles. The second-order valence-corrected chi connectivity index (χ2v) is 37.0. The fraction of sp³-hybridized carbons (Fsp3) is 0.270. The van der Waals surface area contributed by atoms with Gasteiger partial charge in [0.1, 0.15) is 35.9 Å². The van der Waals surface area contributed by atoms with E-state index in [4.69, 9.17) is 10.5 Å². The molecule has 0 saturated heterocycles. The van der Waals surface area contributed by atoms with Gasteiger partial charge in [0.2, 0.25) is 5.82 Å². The van der Waals surface area contributed by atoms with Crippen molar-refractivity contribution in [3.8, 4) is 90.8 Å². The first-order chi connectivity index (χ1) is 70.0. The van der Waals surface area contributed by atoms with Crippen LogP contribution in [0.25, 0.3) is 78.7 Å². The van der Waals surface area contributed by atoms with Crippen LogP contribution < -0.4 is 0 Å². The molecule has 0 bridgehead atoms. The van der Waals surface area contributed by atoms with Gasteiger partial charge < -0.3 is 0 Å². The maximum atomic E-state index is 8.44. The van der Waals surface area contributed by atoms with E-state index in [1.54, 1.807) is 86.9 Å². The number of hydrogen-bond acceptors (Lipinski definition) is 23. The third-order valence-electron chi connectivity index (χ3n) is 22.1. The van der Waals surface area contributed by atoms with Crippen LogP contribution >= 0.6 is 0 Å². The Balaban J connectivity index is 0.000000196. The second-order valence-electron chi connectivity index (χ2n) is 37.0. The standard InChI is InChI=1S/3C14H15N.2C13H14N2.2C12H13N3.2C8H9N3.2C7H10N2/c1-11(2)12-3-5-13(6-4-12)14-7-9-15-10-8-14;1-11(2)12-5-7-13(8-6-12)14-4-3-9-15-10-14;1-11(2)12-6-8-13(9-7-12)14-5-3-4-10-15-14;1-10(2)12-3-4-13(15-9-12)11-5-7-14-8-6-11;1-10(2)13-14-8-12(9-15-13)11-6-4-3-5-7-11;1-9(2)11-7-14-12(15-8-11)10-3-5-13-6-4-10;1-9(2)11-7-14-12(15-8-11)10-4-3-5-13-6-10;1-6(2)7-4-10-8(3-9)11-5-7;1-6(2)8-10-4-7(3-9)5-11-8;1-6(2)7-3-8-5-9-4-7;1-6(2)7-8-4-3-5-9-7/h3*3-11H,1-2H3;2*3-10H,1-2H3;2*3-9H,1-2H3;2*4-6H,1-2H3;2*3-6H,1-2H3. The molecule has 4 aromatic carbocycles. The Kier molecular flexibility index (Phi) is 49.1. The summed E-state index contributed by atoms with van der Waals surface area (Å²) >= 11 is 0. The van der Waals surface area contributed by atoms with Gasteiger partial charge in [0.05, 0.1) is 17.0 Å². The lowest BCUT2D eigenvalue weighted by atomic mass is 9.99. The molecule has 0 N–H and O–H groups in total. The number of aromatic nitrogens is 21. The van der Waals surface area contributed by atoms with Crippen LogP contribution in [0.1, 0.15) is 291 Å². The van der Waals surface area contributed by atoms with E-state index in [-0.39, 0.29) is 5.82 Å². The predicted octanol–water partition coefficient (Wildman–Crippen LogP) is 29.6. The van der Waals surface area contributed by atoms with Crippen molar-refractivity contribution in [2.75, 3.05) is 0 Å². The molecule has 0 spiro atoms. The zero-order valence-electron chi connectivity index (χ0n) is 87.8. The molecule has 0 aliphatic heterocycles. The van der Waals surface area contributed by atoms with E-state index in [0.717, 1.165) is 85.0 Å². The van der Waals surface area contributed by atoms with Crippen LogP contribution in [0.4, 0.5) is 0 Å². The van der Waals surface area contributed by atoms with Crippen LogP contribution in [0.15, 0.2) is 368 Å². The summed E-state index contributed by atoms with van der Waals surface area (Å²) in [4.78, 5) is 86.5. The lowest BCUT2D eigenvalue weighted by Gasteiger charge is -2.06. The Bertz CT molecular complexity index is 5640. The van der Waals surface area contributed by atoms with Crippen molar-refractivity contribution in [1.29, 1.82) is 10.5 Å². The largest absolute Gasteiger partial charge is 0.265 e. The lowest BCUT2D eigenvalue weighted by Crippen LogP contribution is -1.96. The van der Waals surface area contributed by atoms with Gasteiger partial charge in [-0.1, -0.05) is 274 Å². The summed E-state index contributed by atoms with van der Waals surface area (Å²) in [6, 6.07) is 71.8. The third kappa shape index (κ3) is 40.9. The quantitative estimate of drug-likeness (QED) is 0.0770. The van der Waals surface area contributed by atoms with Gasteiger partial charge in [-0.2, -0.15) is 10.5 Å². The normalized spacial score (nSPS) is 10.4. The van der Waals surface area contributed by atoms with Gasteiger partial charge in [0.25, 0.3) is 0 Å². The van der Waals surface area contributed by atoms with E-state index in [1.807, 2.05) is 204 Å². The minimum Gasteiger partial charge on any atom is -0.265 e. The van der Waals surface area contributed by atoms with Crippen molar-refractivity contribution in [1.82, 2.24) is 105 Å². The molecule has 0 aliphatic rings. The highest BCUT2D eigenvalue weighted by Crippen LogP contribution is 2.28. The van der Waals surface area contributed by atoms with E-state index in [1.165, 1.54) is 55.6 Å². The number of nitrogens with zero attached hydrogens (tertiary/aromatic N) is 23. The Hall–Kier alpha value is -16.5. The first kappa shape index (κ1) is 114. The maximum Gasteiger partial charge on any atom is 0.232 e. The molecule has 18 rings (SSSR count). The van der Waals surface area contributed by atoms with Crippen LogP contribution in [0.3, 0.4) is 0 Å². The molecule has 18 aromatic rings. The Morgan fingerprint density at radius 1 is 0.172 bits per heavy atom. The second kappa shape index (κ2) is 62.6. The van der Waals surface area contributed by atoms with Gasteiger partial charge in [0, 0.05) is 207 Å². The molecule has 0 unspecified atom stereocenters. The van der Waals surface area contributed by atoms with Crippen LogP contribution in [-0.2, 0) is 0 Å². The molecule has 0 fully saturated rings. The van der Waals surface area contributed by atoms with Gasteiger partial charge in [-0.3, -0.25) is 34.9 Å². The Morgan fingerprint density at radius 3 is 0.869 bits per heavy atom. The zero-order valence-corrected chi connectivity index (χ0v) is 87.8. The molecular weight excluding hydrogens is 1790 g/mol. The number of nitriles is 2. The summed E-state index contributed by atoms with van der Waals surface area (Å²) in [6.45, 7) is 46.8. The van der Waals surface area contributed by atoms with Gasteiger partial charge in [-0.05, 0) is 199 Å². The fourth-order valence-corrected chi connectivity index (χ4v) is 12.8. The van der Waals surface area contributed by atoms with Crippen molar-refractivity contribution in [2.45, 2.75) is 217 Å². The van der Waals surface area contributed by atoms with Crippen molar-refractivity contribution in [3.63, 3.8) is 0 Å². The molecule has 0 aliphatic carbocycles. The van der Waals surface area contributed by atoms with E-state index >= 15 is 0 Å². The van der Waals surface area contributed by atoms with Gasteiger partial charge in [0.15, 0.2) is 11.6 Å². The van der Waals surface area contributed by atoms with E-state index in [0.29, 0.717) is 70.7 Å². The summed E-state index contributed by atoms with van der Waals surface area (Å²) in [6.07, 6.45) is 48.2. The predicted molar refractivity (Wildman–Crippen MR) is 587 cm³/mol. The van der Waals surface area contributed by atoms with E-state index in [2.05, 4.69) is 346 Å². The highest BCUT2D eigenvalue weighted by Gasteiger charge is 2.12. The molecule has 145 heavy (non-hydrogen) atoms. The van der Waals surface area contributed by atoms with Crippen LogP contribution in [0.5, 0.6) is 0 Å². The topological polar surface area (TPSA) is 318 Å². The maximum absolute atomic E-state index is 8.44.